The molecule has 0 spiro atoms. The Balaban J connectivity index is 1.57. The Kier molecular flexibility index (Phi) is 6.14. The van der Waals surface area contributed by atoms with Gasteiger partial charge in [-0.3, -0.25) is 9.59 Å². The maximum atomic E-state index is 13.7. The minimum atomic E-state index is -0.405. The molecule has 3 aromatic rings. The van der Waals surface area contributed by atoms with E-state index >= 15 is 0 Å². The summed E-state index contributed by atoms with van der Waals surface area (Å²) in [6, 6.07) is 20.1. The van der Waals surface area contributed by atoms with Gasteiger partial charge in [0.2, 0.25) is 0 Å². The number of rotatable bonds is 4. The summed E-state index contributed by atoms with van der Waals surface area (Å²) in [4.78, 5) is 31.6. The standard InChI is InChI=1S/C25H17Cl3N2O2S/c26-17-5-8-19(9-6-17)33-23-22(29-12-11-15-3-1-2-4-16(15)14-29)24(31)30(25(23)32)21-10-7-18(27)13-20(21)28/h1-10,13H,11-12,14H2. The van der Waals surface area contributed by atoms with Gasteiger partial charge in [-0.1, -0.05) is 70.8 Å². The fourth-order valence-corrected chi connectivity index (χ4v) is 5.68. The highest BCUT2D eigenvalue weighted by atomic mass is 35.5. The van der Waals surface area contributed by atoms with Gasteiger partial charge in [0.05, 0.1) is 10.7 Å². The summed E-state index contributed by atoms with van der Waals surface area (Å²) < 4.78 is 0. The summed E-state index contributed by atoms with van der Waals surface area (Å²) in [5.41, 5.74) is 3.11. The van der Waals surface area contributed by atoms with Crippen molar-refractivity contribution < 1.29 is 9.59 Å². The van der Waals surface area contributed by atoms with Crippen LogP contribution in [-0.4, -0.2) is 23.3 Å². The average Bonchev–Trinajstić information content (AvgIpc) is 3.04. The quantitative estimate of drug-likeness (QED) is 0.368. The van der Waals surface area contributed by atoms with E-state index in [0.717, 1.165) is 21.8 Å². The van der Waals surface area contributed by atoms with Crippen LogP contribution in [0.15, 0.2) is 82.2 Å². The Bertz CT molecular complexity index is 1310. The molecule has 2 heterocycles. The Morgan fingerprint density at radius 3 is 2.21 bits per heavy atom. The minimum absolute atomic E-state index is 0.241. The molecule has 3 aromatic carbocycles. The molecule has 0 radical (unpaired) electrons. The van der Waals surface area contributed by atoms with E-state index in [9.17, 15) is 9.59 Å². The molecule has 33 heavy (non-hydrogen) atoms. The molecule has 2 aliphatic rings. The number of hydrogen-bond acceptors (Lipinski definition) is 4. The van der Waals surface area contributed by atoms with Crippen molar-refractivity contribution in [2.24, 2.45) is 0 Å². The van der Waals surface area contributed by atoms with Crippen LogP contribution < -0.4 is 4.90 Å². The molecule has 0 aliphatic carbocycles. The van der Waals surface area contributed by atoms with Crippen LogP contribution in [-0.2, 0) is 22.6 Å². The van der Waals surface area contributed by atoms with Gasteiger partial charge in [0.1, 0.15) is 10.6 Å². The molecular weight excluding hydrogens is 499 g/mol. The van der Waals surface area contributed by atoms with Gasteiger partial charge in [0.25, 0.3) is 11.8 Å². The highest BCUT2D eigenvalue weighted by Gasteiger charge is 2.43. The van der Waals surface area contributed by atoms with Gasteiger partial charge < -0.3 is 4.90 Å². The Hall–Kier alpha value is -2.44. The van der Waals surface area contributed by atoms with Gasteiger partial charge >= 0.3 is 0 Å². The molecular formula is C25H17Cl3N2O2S. The maximum absolute atomic E-state index is 13.7. The molecule has 0 saturated heterocycles. The van der Waals surface area contributed by atoms with Crippen LogP contribution in [0.1, 0.15) is 11.1 Å². The second-order valence-corrected chi connectivity index (χ2v) is 10.1. The van der Waals surface area contributed by atoms with E-state index in [4.69, 9.17) is 34.8 Å². The Morgan fingerprint density at radius 2 is 1.48 bits per heavy atom. The van der Waals surface area contributed by atoms with Crippen molar-refractivity contribution in [3.05, 3.63) is 104 Å². The topological polar surface area (TPSA) is 40.6 Å². The monoisotopic (exact) mass is 514 g/mol. The SMILES string of the molecule is O=C1C(Sc2ccc(Cl)cc2)=C(N2CCc3ccccc3C2)C(=O)N1c1ccc(Cl)cc1Cl. The average molecular weight is 516 g/mol. The smallest absolute Gasteiger partial charge is 0.283 e. The minimum Gasteiger partial charge on any atom is -0.361 e. The van der Waals surface area contributed by atoms with Gasteiger partial charge in [-0.15, -0.1) is 0 Å². The molecule has 0 unspecified atom stereocenters. The molecule has 0 saturated carbocycles. The van der Waals surface area contributed by atoms with Crippen LogP contribution in [0.2, 0.25) is 15.1 Å². The third-order valence-corrected chi connectivity index (χ3v) is 7.52. The van der Waals surface area contributed by atoms with Gasteiger partial charge in [-0.25, -0.2) is 4.90 Å². The van der Waals surface area contributed by atoms with Crippen molar-refractivity contribution in [2.45, 2.75) is 17.9 Å². The van der Waals surface area contributed by atoms with Crippen molar-refractivity contribution in [3.8, 4) is 0 Å². The van der Waals surface area contributed by atoms with Crippen LogP contribution in [0.25, 0.3) is 0 Å². The third kappa shape index (κ3) is 4.26. The largest absolute Gasteiger partial charge is 0.361 e. The number of hydrogen-bond donors (Lipinski definition) is 0. The van der Waals surface area contributed by atoms with Gasteiger partial charge in [0, 0.05) is 28.0 Å². The first kappa shape index (κ1) is 22.4. The number of fused-ring (bicyclic) bond motifs is 1. The van der Waals surface area contributed by atoms with Crippen LogP contribution >= 0.6 is 46.6 Å². The number of anilines is 1. The highest BCUT2D eigenvalue weighted by molar-refractivity contribution is 8.04. The van der Waals surface area contributed by atoms with Gasteiger partial charge in [-0.05, 0) is 60.0 Å². The number of carbonyl (C=O) groups excluding carboxylic acids is 2. The van der Waals surface area contributed by atoms with E-state index in [1.54, 1.807) is 24.3 Å². The van der Waals surface area contributed by atoms with Gasteiger partial charge in [-0.2, -0.15) is 0 Å². The zero-order valence-electron chi connectivity index (χ0n) is 17.2. The summed E-state index contributed by atoms with van der Waals surface area (Å²) in [5, 5.41) is 1.27. The van der Waals surface area contributed by atoms with Gasteiger partial charge in [0.15, 0.2) is 0 Å². The highest BCUT2D eigenvalue weighted by Crippen LogP contribution is 2.42. The van der Waals surface area contributed by atoms with Crippen LogP contribution in [0.4, 0.5) is 5.69 Å². The molecule has 4 nitrogen and oxygen atoms in total. The van der Waals surface area contributed by atoms with Crippen LogP contribution in [0, 0.1) is 0 Å². The number of carbonyl (C=O) groups is 2. The zero-order chi connectivity index (χ0) is 23.1. The lowest BCUT2D eigenvalue weighted by molar-refractivity contribution is -0.121. The van der Waals surface area contributed by atoms with Crippen molar-refractivity contribution in [1.82, 2.24) is 4.90 Å². The van der Waals surface area contributed by atoms with Crippen molar-refractivity contribution in [1.29, 1.82) is 0 Å². The molecule has 2 aliphatic heterocycles. The first-order valence-electron chi connectivity index (χ1n) is 10.3. The zero-order valence-corrected chi connectivity index (χ0v) is 20.3. The predicted molar refractivity (Wildman–Crippen MR) is 134 cm³/mol. The molecule has 5 rings (SSSR count). The van der Waals surface area contributed by atoms with E-state index in [2.05, 4.69) is 12.1 Å². The second kappa shape index (κ2) is 9.07. The number of amides is 2. The molecule has 2 amide bonds. The van der Waals surface area contributed by atoms with Crippen molar-refractivity contribution in [3.63, 3.8) is 0 Å². The molecule has 0 fully saturated rings. The number of imide groups is 1. The predicted octanol–water partition coefficient (Wildman–Crippen LogP) is 6.58. The first-order valence-corrected chi connectivity index (χ1v) is 12.2. The first-order chi connectivity index (χ1) is 15.9. The molecule has 166 valence electrons. The van der Waals surface area contributed by atoms with E-state index in [-0.39, 0.29) is 10.9 Å². The molecule has 0 atom stereocenters. The van der Waals surface area contributed by atoms with E-state index in [1.807, 2.05) is 29.2 Å². The third-order valence-electron chi connectivity index (χ3n) is 5.65. The summed E-state index contributed by atoms with van der Waals surface area (Å²) in [6.45, 7) is 1.19. The van der Waals surface area contributed by atoms with Crippen molar-refractivity contribution in [2.75, 3.05) is 11.4 Å². The van der Waals surface area contributed by atoms with Crippen LogP contribution in [0.3, 0.4) is 0 Å². The van der Waals surface area contributed by atoms with E-state index < -0.39 is 5.91 Å². The van der Waals surface area contributed by atoms with E-state index in [0.29, 0.717) is 39.4 Å². The maximum Gasteiger partial charge on any atom is 0.283 e. The summed E-state index contributed by atoms with van der Waals surface area (Å²) in [6.07, 6.45) is 0.793. The summed E-state index contributed by atoms with van der Waals surface area (Å²) in [7, 11) is 0. The number of halogens is 3. The Labute approximate surface area is 210 Å². The molecule has 0 N–H and O–H groups in total. The molecule has 0 bridgehead atoms. The molecule has 0 aromatic heterocycles. The normalized spacial score (nSPS) is 16.0. The van der Waals surface area contributed by atoms with Crippen molar-refractivity contribution >= 4 is 64.1 Å². The lowest BCUT2D eigenvalue weighted by Crippen LogP contribution is -2.37. The second-order valence-electron chi connectivity index (χ2n) is 7.72. The Morgan fingerprint density at radius 1 is 0.788 bits per heavy atom. The number of benzene rings is 3. The van der Waals surface area contributed by atoms with E-state index in [1.165, 1.54) is 23.4 Å². The lowest BCUT2D eigenvalue weighted by atomic mass is 9.99. The fourth-order valence-electron chi connectivity index (χ4n) is 4.06. The molecule has 8 heteroatoms. The lowest BCUT2D eigenvalue weighted by Gasteiger charge is -2.31. The summed E-state index contributed by atoms with van der Waals surface area (Å²) in [5.74, 6) is -0.793. The fraction of sp³-hybridized carbons (Fsp3) is 0.120. The van der Waals surface area contributed by atoms with Crippen LogP contribution in [0.5, 0.6) is 0 Å². The number of nitrogens with zero attached hydrogens (tertiary/aromatic N) is 2. The summed E-state index contributed by atoms with van der Waals surface area (Å²) >= 11 is 19.7. The number of thioether (sulfide) groups is 1.